The molecule has 2 aliphatic heterocycles. The van der Waals surface area contributed by atoms with E-state index in [-0.39, 0.29) is 32.0 Å². The number of amides is 3. The Morgan fingerprint density at radius 2 is 1.64 bits per heavy atom. The number of alkyl halides is 1. The molecule has 2 saturated heterocycles. The number of morpholine rings is 1. The second-order valence-corrected chi connectivity index (χ2v) is 11.6. The van der Waals surface area contributed by atoms with Gasteiger partial charge in [0.25, 0.3) is 5.91 Å². The zero-order chi connectivity index (χ0) is 33.2. The quantitative estimate of drug-likeness (QED) is 0.284. The summed E-state index contributed by atoms with van der Waals surface area (Å²) in [5.74, 6) is -1.10. The van der Waals surface area contributed by atoms with Crippen molar-refractivity contribution in [1.29, 1.82) is 0 Å². The summed E-state index contributed by atoms with van der Waals surface area (Å²) in [5.41, 5.74) is 9.56. The van der Waals surface area contributed by atoms with Gasteiger partial charge in [-0.25, -0.2) is 18.9 Å². The van der Waals surface area contributed by atoms with Crippen LogP contribution in [0.1, 0.15) is 29.0 Å². The number of nitrogens with two attached hydrogens (primary N) is 1. The molecule has 0 aromatic heterocycles. The number of imide groups is 1. The molecular weight excluding hydrogens is 607 g/mol. The van der Waals surface area contributed by atoms with Gasteiger partial charge in [0.2, 0.25) is 0 Å². The molecule has 0 saturated carbocycles. The van der Waals surface area contributed by atoms with Crippen LogP contribution in [0.25, 0.3) is 0 Å². The maximum Gasteiger partial charge on any atom is 0.420 e. The Bertz CT molecular complexity index is 1430. The fourth-order valence-electron chi connectivity index (χ4n) is 5.86. The predicted octanol–water partition coefficient (Wildman–Crippen LogP) is 3.70. The number of para-hydroxylation sites is 1. The molecule has 0 bridgehead atoms. The highest BCUT2D eigenvalue weighted by Crippen LogP contribution is 2.31. The normalized spacial score (nSPS) is 21.5. The van der Waals surface area contributed by atoms with Gasteiger partial charge >= 0.3 is 12.2 Å². The number of hydrogen-bond acceptors (Lipinski definition) is 9. The number of benzene rings is 3. The van der Waals surface area contributed by atoms with Crippen LogP contribution in [0.15, 0.2) is 84.9 Å². The molecule has 3 aromatic rings. The van der Waals surface area contributed by atoms with Crippen LogP contribution in [-0.2, 0) is 30.2 Å². The van der Waals surface area contributed by atoms with E-state index in [1.165, 1.54) is 7.11 Å². The van der Waals surface area contributed by atoms with Gasteiger partial charge < -0.3 is 35.3 Å². The van der Waals surface area contributed by atoms with Crippen molar-refractivity contribution in [3.05, 3.63) is 102 Å². The van der Waals surface area contributed by atoms with Crippen LogP contribution >= 0.6 is 0 Å². The molecule has 0 radical (unpaired) electrons. The maximum absolute atomic E-state index is 14.1. The van der Waals surface area contributed by atoms with Crippen LogP contribution in [0.4, 0.5) is 19.7 Å². The Kier molecular flexibility index (Phi) is 11.9. The van der Waals surface area contributed by atoms with E-state index in [1.807, 2.05) is 72.8 Å². The fraction of sp³-hybridized carbons (Fsp3) is 0.400. The van der Waals surface area contributed by atoms with E-state index in [4.69, 9.17) is 24.7 Å². The van der Waals surface area contributed by atoms with Crippen LogP contribution in [0, 0.1) is 0 Å². The molecule has 12 heteroatoms. The minimum atomic E-state index is -1.25. The van der Waals surface area contributed by atoms with Gasteiger partial charge in [-0.2, -0.15) is 0 Å². The SMILES string of the molecule is COC(=O)N(C(=O)[C@@H](N)C(c1ccccc1)c1ccccc1)c1ccccc1CC[C@@H]1CN[C@H](COC(=O)N[C@H]2COC[C@@H]2F)CO1. The summed E-state index contributed by atoms with van der Waals surface area (Å²) in [5, 5.41) is 5.80. The number of alkyl carbamates (subject to hydrolysis) is 1. The van der Waals surface area contributed by atoms with Crippen LogP contribution in [0.5, 0.6) is 0 Å². The highest BCUT2D eigenvalue weighted by atomic mass is 19.1. The Labute approximate surface area is 273 Å². The number of halogens is 1. The van der Waals surface area contributed by atoms with Gasteiger partial charge in [-0.05, 0) is 35.6 Å². The van der Waals surface area contributed by atoms with E-state index in [1.54, 1.807) is 12.1 Å². The van der Waals surface area contributed by atoms with E-state index < -0.39 is 42.3 Å². The summed E-state index contributed by atoms with van der Waals surface area (Å²) in [6.07, 6.45) is -1.86. The van der Waals surface area contributed by atoms with Crippen molar-refractivity contribution >= 4 is 23.8 Å². The number of carbonyl (C=O) groups excluding carboxylic acids is 3. The van der Waals surface area contributed by atoms with E-state index in [0.717, 1.165) is 21.6 Å². The molecule has 0 spiro atoms. The average Bonchev–Trinajstić information content (AvgIpc) is 3.51. The molecule has 3 amide bonds. The second-order valence-electron chi connectivity index (χ2n) is 11.6. The van der Waals surface area contributed by atoms with Gasteiger partial charge in [-0.3, -0.25) is 4.79 Å². The van der Waals surface area contributed by atoms with Crippen LogP contribution < -0.4 is 21.3 Å². The lowest BCUT2D eigenvalue weighted by Crippen LogP contribution is -2.50. The Balaban J connectivity index is 1.22. The van der Waals surface area contributed by atoms with Crippen molar-refractivity contribution in [2.45, 2.75) is 49.2 Å². The monoisotopic (exact) mass is 648 g/mol. The molecular formula is C35H41FN4O7. The van der Waals surface area contributed by atoms with E-state index in [9.17, 15) is 18.8 Å². The summed E-state index contributed by atoms with van der Waals surface area (Å²) >= 11 is 0. The van der Waals surface area contributed by atoms with Crippen molar-refractivity contribution in [3.8, 4) is 0 Å². The first-order valence-electron chi connectivity index (χ1n) is 15.7. The fourth-order valence-corrected chi connectivity index (χ4v) is 5.86. The summed E-state index contributed by atoms with van der Waals surface area (Å²) < 4.78 is 35.0. The molecule has 0 unspecified atom stereocenters. The Hall–Kier alpha value is -4.36. The van der Waals surface area contributed by atoms with Crippen molar-refractivity contribution in [1.82, 2.24) is 10.6 Å². The van der Waals surface area contributed by atoms with Gasteiger partial charge in [0.05, 0.1) is 56.8 Å². The van der Waals surface area contributed by atoms with Gasteiger partial charge in [0.1, 0.15) is 12.8 Å². The van der Waals surface area contributed by atoms with Gasteiger partial charge in [-0.15, -0.1) is 0 Å². The molecule has 47 heavy (non-hydrogen) atoms. The number of anilines is 1. The summed E-state index contributed by atoms with van der Waals surface area (Å²) in [7, 11) is 1.23. The first-order chi connectivity index (χ1) is 22.9. The topological polar surface area (TPSA) is 141 Å². The largest absolute Gasteiger partial charge is 0.452 e. The van der Waals surface area contributed by atoms with Crippen molar-refractivity contribution in [2.75, 3.05) is 45.0 Å². The first kappa shape index (κ1) is 34.0. The summed E-state index contributed by atoms with van der Waals surface area (Å²) in [4.78, 5) is 40.4. The lowest BCUT2D eigenvalue weighted by atomic mass is 9.84. The minimum absolute atomic E-state index is 0.0393. The molecule has 5 atom stereocenters. The third-order valence-electron chi connectivity index (χ3n) is 8.40. The maximum atomic E-state index is 14.1. The highest BCUT2D eigenvalue weighted by Gasteiger charge is 2.36. The third-order valence-corrected chi connectivity index (χ3v) is 8.40. The number of nitrogens with one attached hydrogen (secondary N) is 2. The molecule has 2 fully saturated rings. The minimum Gasteiger partial charge on any atom is -0.452 e. The van der Waals surface area contributed by atoms with Crippen molar-refractivity contribution in [3.63, 3.8) is 0 Å². The van der Waals surface area contributed by atoms with Crippen LogP contribution in [0.2, 0.25) is 0 Å². The zero-order valence-corrected chi connectivity index (χ0v) is 26.3. The summed E-state index contributed by atoms with van der Waals surface area (Å²) in [6, 6.07) is 24.1. The van der Waals surface area contributed by atoms with E-state index in [0.29, 0.717) is 31.7 Å². The Morgan fingerprint density at radius 3 is 2.23 bits per heavy atom. The lowest BCUT2D eigenvalue weighted by Gasteiger charge is -2.31. The standard InChI is InChI=1S/C35H41FN4O7/c1-44-35(43)40(33(41)32(37)31(24-11-4-2-5-12-24)25-13-6-3-7-14-25)30-15-9-8-10-23(30)16-17-27-18-38-26(19-46-27)20-47-34(42)39-29-22-45-21-28(29)36/h2-15,26-29,31-32,38H,16-22,37H2,1H3,(H,39,42)/t26-,27+,28-,29-,32-/m0/s1. The van der Waals surface area contributed by atoms with Crippen molar-refractivity contribution < 1.29 is 37.7 Å². The number of nitrogens with zero attached hydrogens (tertiary/aromatic N) is 1. The molecule has 11 nitrogen and oxygen atoms in total. The number of hydrogen-bond donors (Lipinski definition) is 3. The lowest BCUT2D eigenvalue weighted by molar-refractivity contribution is -0.119. The molecule has 250 valence electrons. The molecule has 4 N–H and O–H groups in total. The number of rotatable bonds is 11. The number of methoxy groups -OCH3 is 1. The molecule has 3 aromatic carbocycles. The number of ether oxygens (including phenoxy) is 4. The van der Waals surface area contributed by atoms with Crippen LogP contribution in [0.3, 0.4) is 0 Å². The summed E-state index contributed by atoms with van der Waals surface area (Å²) in [6.45, 7) is 0.949. The predicted molar refractivity (Wildman–Crippen MR) is 173 cm³/mol. The molecule has 5 rings (SSSR count). The van der Waals surface area contributed by atoms with Crippen molar-refractivity contribution in [2.24, 2.45) is 5.73 Å². The molecule has 2 aliphatic rings. The zero-order valence-electron chi connectivity index (χ0n) is 26.3. The van der Waals surface area contributed by atoms with Gasteiger partial charge in [0, 0.05) is 12.5 Å². The number of carbonyl (C=O) groups is 3. The van der Waals surface area contributed by atoms with Gasteiger partial charge in [-0.1, -0.05) is 78.9 Å². The van der Waals surface area contributed by atoms with E-state index >= 15 is 0 Å². The van der Waals surface area contributed by atoms with Gasteiger partial charge in [0.15, 0.2) is 0 Å². The third kappa shape index (κ3) is 8.72. The highest BCUT2D eigenvalue weighted by molar-refractivity contribution is 6.15. The first-order valence-corrected chi connectivity index (χ1v) is 15.7. The van der Waals surface area contributed by atoms with E-state index in [2.05, 4.69) is 10.6 Å². The van der Waals surface area contributed by atoms with Crippen LogP contribution in [-0.4, -0.2) is 88.6 Å². The molecule has 2 heterocycles. The second kappa shape index (κ2) is 16.5. The molecule has 0 aliphatic carbocycles. The Morgan fingerprint density at radius 1 is 0.979 bits per heavy atom. The average molecular weight is 649 g/mol. The number of aryl methyl sites for hydroxylation is 1. The smallest absolute Gasteiger partial charge is 0.420 e.